The Kier molecular flexibility index (Phi) is 2.44. The van der Waals surface area contributed by atoms with Crippen LogP contribution in [0.5, 0.6) is 0 Å². The number of rotatable bonds is 0. The maximum absolute atomic E-state index is 4.27. The van der Waals surface area contributed by atoms with Gasteiger partial charge in [-0.1, -0.05) is 10.8 Å². The van der Waals surface area contributed by atoms with Gasteiger partial charge in [0.25, 0.3) is 0 Å². The molecule has 4 heteroatoms. The number of nitrogens with zero attached hydrogens (tertiary/aromatic N) is 1. The smallest absolute Gasteiger partial charge is 0.0378 e. The van der Waals surface area contributed by atoms with Crippen molar-refractivity contribution in [1.82, 2.24) is 4.72 Å². The van der Waals surface area contributed by atoms with Gasteiger partial charge < -0.3 is 0 Å². The molecule has 1 aliphatic heterocycles. The van der Waals surface area contributed by atoms with Crippen molar-refractivity contribution < 1.29 is 0 Å². The molecule has 1 N–H and O–H groups in total. The van der Waals surface area contributed by atoms with E-state index in [-0.39, 0.29) is 0 Å². The van der Waals surface area contributed by atoms with Gasteiger partial charge in [0.1, 0.15) is 0 Å². The van der Waals surface area contributed by atoms with Crippen LogP contribution in [0.15, 0.2) is 4.99 Å². The number of hydrogen-bond donors (Lipinski definition) is 1. The van der Waals surface area contributed by atoms with Crippen LogP contribution in [0.25, 0.3) is 0 Å². The van der Waals surface area contributed by atoms with E-state index >= 15 is 0 Å². The van der Waals surface area contributed by atoms with E-state index in [0.29, 0.717) is 0 Å². The van der Waals surface area contributed by atoms with E-state index in [9.17, 15) is 0 Å². The maximum Gasteiger partial charge on any atom is 0.0378 e. The standard InChI is InChI=1S/C7H12N2S2/c1-8-5-2-3-6-7(4-5)10-11-9-6/h6-7,9H,2-4H2,1H3. The second-order valence-electron chi connectivity index (χ2n) is 2.97. The summed E-state index contributed by atoms with van der Waals surface area (Å²) in [5.41, 5.74) is 1.41. The van der Waals surface area contributed by atoms with E-state index < -0.39 is 0 Å². The van der Waals surface area contributed by atoms with Crippen LogP contribution in [0, 0.1) is 0 Å². The number of hydrogen-bond acceptors (Lipinski definition) is 4. The molecule has 1 saturated heterocycles. The summed E-state index contributed by atoms with van der Waals surface area (Å²) in [6, 6.07) is 0.746. The van der Waals surface area contributed by atoms with Crippen LogP contribution < -0.4 is 4.72 Å². The zero-order valence-electron chi connectivity index (χ0n) is 6.54. The molecule has 2 nitrogen and oxygen atoms in total. The third-order valence-electron chi connectivity index (χ3n) is 2.32. The minimum atomic E-state index is 0.746. The molecule has 0 radical (unpaired) electrons. The highest BCUT2D eigenvalue weighted by Crippen LogP contribution is 2.40. The van der Waals surface area contributed by atoms with Gasteiger partial charge in [-0.3, -0.25) is 9.71 Å². The van der Waals surface area contributed by atoms with Gasteiger partial charge >= 0.3 is 0 Å². The van der Waals surface area contributed by atoms with Crippen LogP contribution in [-0.2, 0) is 0 Å². The van der Waals surface area contributed by atoms with Gasteiger partial charge in [-0.2, -0.15) is 0 Å². The molecule has 0 bridgehead atoms. The SMILES string of the molecule is CN=C1CCC2NSSC2C1. The van der Waals surface area contributed by atoms with E-state index in [2.05, 4.69) is 9.71 Å². The fourth-order valence-electron chi connectivity index (χ4n) is 1.57. The van der Waals surface area contributed by atoms with Crippen molar-refractivity contribution in [2.24, 2.45) is 4.99 Å². The predicted molar refractivity (Wildman–Crippen MR) is 53.1 cm³/mol. The highest BCUT2D eigenvalue weighted by molar-refractivity contribution is 8.76. The normalized spacial score (nSPS) is 41.0. The molecule has 0 spiro atoms. The number of aliphatic imine (C=N–C) groups is 1. The Morgan fingerprint density at radius 1 is 1.64 bits per heavy atom. The Bertz CT molecular complexity index is 181. The van der Waals surface area contributed by atoms with Gasteiger partial charge in [0.2, 0.25) is 0 Å². The molecule has 2 fully saturated rings. The van der Waals surface area contributed by atoms with Gasteiger partial charge in [0.15, 0.2) is 0 Å². The first-order chi connectivity index (χ1) is 5.40. The molecule has 62 valence electrons. The fourth-order valence-corrected chi connectivity index (χ4v) is 4.36. The molecule has 1 heterocycles. The third-order valence-corrected chi connectivity index (χ3v) is 4.87. The number of fused-ring (bicyclic) bond motifs is 1. The highest BCUT2D eigenvalue weighted by Gasteiger charge is 2.33. The first-order valence-corrected chi connectivity index (χ1v) is 6.14. The van der Waals surface area contributed by atoms with Crippen molar-refractivity contribution in [3.8, 4) is 0 Å². The Balaban J connectivity index is 2.02. The van der Waals surface area contributed by atoms with E-state index in [0.717, 1.165) is 11.3 Å². The summed E-state index contributed by atoms with van der Waals surface area (Å²) < 4.78 is 3.43. The minimum Gasteiger partial charge on any atom is -0.297 e. The van der Waals surface area contributed by atoms with Crippen LogP contribution >= 0.6 is 21.8 Å². The van der Waals surface area contributed by atoms with Crippen molar-refractivity contribution >= 4 is 27.5 Å². The molecule has 2 atom stereocenters. The van der Waals surface area contributed by atoms with Crippen molar-refractivity contribution in [2.45, 2.75) is 30.6 Å². The second kappa shape index (κ2) is 3.37. The molecule has 2 rings (SSSR count). The lowest BCUT2D eigenvalue weighted by Crippen LogP contribution is -2.34. The van der Waals surface area contributed by atoms with Crippen molar-refractivity contribution in [3.63, 3.8) is 0 Å². The molecular formula is C7H12N2S2. The Hall–Kier alpha value is 0.330. The lowest BCUT2D eigenvalue weighted by molar-refractivity contribution is 0.551. The van der Waals surface area contributed by atoms with Crippen LogP contribution in [0.1, 0.15) is 19.3 Å². The predicted octanol–water partition coefficient (Wildman–Crippen LogP) is 1.88. The summed E-state index contributed by atoms with van der Waals surface area (Å²) >= 11 is 0. The molecule has 1 saturated carbocycles. The van der Waals surface area contributed by atoms with E-state index in [1.165, 1.54) is 25.0 Å². The summed E-state index contributed by atoms with van der Waals surface area (Å²) in [5, 5.41) is 0.785. The average molecular weight is 188 g/mol. The molecule has 0 amide bonds. The van der Waals surface area contributed by atoms with Gasteiger partial charge in [-0.25, -0.2) is 0 Å². The van der Waals surface area contributed by atoms with Gasteiger partial charge in [-0.15, -0.1) is 0 Å². The maximum atomic E-state index is 4.27. The van der Waals surface area contributed by atoms with Gasteiger partial charge in [-0.05, 0) is 30.2 Å². The Morgan fingerprint density at radius 2 is 2.55 bits per heavy atom. The van der Waals surface area contributed by atoms with Crippen LogP contribution in [0.4, 0.5) is 0 Å². The first-order valence-electron chi connectivity index (χ1n) is 3.92. The summed E-state index contributed by atoms with van der Waals surface area (Å²) in [4.78, 5) is 4.27. The first kappa shape index (κ1) is 7.95. The average Bonchev–Trinajstić information content (AvgIpc) is 2.50. The zero-order valence-corrected chi connectivity index (χ0v) is 8.17. The van der Waals surface area contributed by atoms with Crippen molar-refractivity contribution in [1.29, 1.82) is 0 Å². The second-order valence-corrected chi connectivity index (χ2v) is 5.25. The van der Waals surface area contributed by atoms with E-state index in [1.54, 1.807) is 11.0 Å². The molecular weight excluding hydrogens is 176 g/mol. The van der Waals surface area contributed by atoms with E-state index in [4.69, 9.17) is 0 Å². The van der Waals surface area contributed by atoms with Crippen LogP contribution in [0.2, 0.25) is 0 Å². The van der Waals surface area contributed by atoms with Gasteiger partial charge in [0.05, 0.1) is 0 Å². The topological polar surface area (TPSA) is 24.4 Å². The quantitative estimate of drug-likeness (QED) is 0.464. The largest absolute Gasteiger partial charge is 0.297 e. The molecule has 0 aromatic heterocycles. The Morgan fingerprint density at radius 3 is 3.36 bits per heavy atom. The lowest BCUT2D eigenvalue weighted by atomic mass is 9.94. The lowest BCUT2D eigenvalue weighted by Gasteiger charge is -2.23. The summed E-state index contributed by atoms with van der Waals surface area (Å²) in [5.74, 6) is 0. The van der Waals surface area contributed by atoms with Crippen LogP contribution in [0.3, 0.4) is 0 Å². The highest BCUT2D eigenvalue weighted by atomic mass is 33.1. The van der Waals surface area contributed by atoms with E-state index in [1.807, 2.05) is 17.8 Å². The molecule has 0 aromatic rings. The Labute approximate surface area is 75.1 Å². The fraction of sp³-hybridized carbons (Fsp3) is 0.857. The zero-order chi connectivity index (χ0) is 7.68. The third kappa shape index (κ3) is 1.58. The molecule has 2 aliphatic rings. The van der Waals surface area contributed by atoms with Crippen molar-refractivity contribution in [2.75, 3.05) is 7.05 Å². The number of nitrogens with one attached hydrogen (secondary N) is 1. The minimum absolute atomic E-state index is 0.746. The summed E-state index contributed by atoms with van der Waals surface area (Å²) in [6.07, 6.45) is 3.68. The molecule has 1 aliphatic carbocycles. The molecule has 11 heavy (non-hydrogen) atoms. The monoisotopic (exact) mass is 188 g/mol. The summed E-state index contributed by atoms with van der Waals surface area (Å²) in [6.45, 7) is 0. The summed E-state index contributed by atoms with van der Waals surface area (Å²) in [7, 11) is 5.69. The van der Waals surface area contributed by atoms with Crippen molar-refractivity contribution in [3.05, 3.63) is 0 Å². The van der Waals surface area contributed by atoms with Crippen LogP contribution in [-0.4, -0.2) is 24.1 Å². The molecule has 0 aromatic carbocycles. The molecule has 2 unspecified atom stereocenters. The van der Waals surface area contributed by atoms with Gasteiger partial charge in [0, 0.05) is 24.1 Å².